The first kappa shape index (κ1) is 15.0. The van der Waals surface area contributed by atoms with Crippen LogP contribution in [-0.2, 0) is 9.47 Å². The van der Waals surface area contributed by atoms with Crippen LogP contribution in [0.2, 0.25) is 0 Å². The lowest BCUT2D eigenvalue weighted by Gasteiger charge is -2.27. The van der Waals surface area contributed by atoms with Crippen molar-refractivity contribution < 1.29 is 9.47 Å². The number of hydrogen-bond donors (Lipinski definition) is 0. The van der Waals surface area contributed by atoms with Gasteiger partial charge in [-0.25, -0.2) is 0 Å². The minimum atomic E-state index is 0.178. The number of rotatable bonds is 4. The van der Waals surface area contributed by atoms with Gasteiger partial charge in [-0.15, -0.1) is 0 Å². The van der Waals surface area contributed by atoms with E-state index < -0.39 is 0 Å². The molecule has 4 aliphatic rings. The van der Waals surface area contributed by atoms with Gasteiger partial charge in [-0.2, -0.15) is 0 Å². The van der Waals surface area contributed by atoms with E-state index in [1.54, 1.807) is 11.1 Å². The van der Waals surface area contributed by atoms with Gasteiger partial charge in [0.2, 0.25) is 0 Å². The van der Waals surface area contributed by atoms with E-state index >= 15 is 0 Å². The molecule has 2 heterocycles. The Bertz CT molecular complexity index is 514. The molecular weight excluding hydrogens is 272 g/mol. The Morgan fingerprint density at radius 2 is 2.23 bits per heavy atom. The zero-order valence-electron chi connectivity index (χ0n) is 14.4. The second kappa shape index (κ2) is 5.21. The molecule has 3 unspecified atom stereocenters. The predicted octanol–water partition coefficient (Wildman–Crippen LogP) is 4.80. The molecule has 0 spiro atoms. The molecule has 2 nitrogen and oxygen atoms in total. The molecule has 2 saturated heterocycles. The summed E-state index contributed by atoms with van der Waals surface area (Å²) in [4.78, 5) is 0. The van der Waals surface area contributed by atoms with Crippen LogP contribution in [0.4, 0.5) is 0 Å². The molecule has 0 aromatic carbocycles. The van der Waals surface area contributed by atoms with Crippen LogP contribution >= 0.6 is 0 Å². The number of allylic oxidation sites excluding steroid dienone is 3. The van der Waals surface area contributed by atoms with Crippen molar-refractivity contribution in [2.45, 2.75) is 83.0 Å². The molecule has 0 radical (unpaired) electrons. The van der Waals surface area contributed by atoms with Gasteiger partial charge in [0.1, 0.15) is 0 Å². The molecule has 0 aromatic heterocycles. The first-order chi connectivity index (χ1) is 10.5. The van der Waals surface area contributed by atoms with E-state index in [1.165, 1.54) is 38.5 Å². The van der Waals surface area contributed by atoms with Crippen molar-refractivity contribution in [1.29, 1.82) is 0 Å². The Morgan fingerprint density at radius 3 is 2.86 bits per heavy atom. The Kier molecular flexibility index (Phi) is 3.54. The monoisotopic (exact) mass is 302 g/mol. The fourth-order valence-electron chi connectivity index (χ4n) is 4.62. The first-order valence-corrected chi connectivity index (χ1v) is 9.15. The lowest BCUT2D eigenvalue weighted by Crippen LogP contribution is -2.26. The van der Waals surface area contributed by atoms with Crippen molar-refractivity contribution in [1.82, 2.24) is 0 Å². The van der Waals surface area contributed by atoms with Crippen LogP contribution in [0.3, 0.4) is 0 Å². The van der Waals surface area contributed by atoms with Gasteiger partial charge in [-0.05, 0) is 77.6 Å². The van der Waals surface area contributed by atoms with Crippen LogP contribution in [0.1, 0.15) is 65.7 Å². The second-order valence-corrected chi connectivity index (χ2v) is 8.42. The molecule has 1 saturated carbocycles. The zero-order valence-corrected chi connectivity index (χ0v) is 14.4. The molecule has 4 rings (SSSR count). The average Bonchev–Trinajstić information content (AvgIpc) is 3.40. The molecule has 5 atom stereocenters. The number of fused-ring (bicyclic) bond motifs is 1. The van der Waals surface area contributed by atoms with E-state index in [4.69, 9.17) is 9.47 Å². The summed E-state index contributed by atoms with van der Waals surface area (Å²) in [6.45, 7) is 7.84. The van der Waals surface area contributed by atoms with Crippen molar-refractivity contribution >= 4 is 0 Å². The Labute approximate surface area is 134 Å². The number of epoxide rings is 2. The fraction of sp³-hybridized carbons (Fsp3) is 0.800. The largest absolute Gasteiger partial charge is 0.369 e. The molecule has 0 amide bonds. The van der Waals surface area contributed by atoms with Crippen LogP contribution in [-0.4, -0.2) is 23.9 Å². The minimum absolute atomic E-state index is 0.178. The third-order valence-electron chi connectivity index (χ3n) is 6.83. The van der Waals surface area contributed by atoms with Gasteiger partial charge in [0.15, 0.2) is 0 Å². The van der Waals surface area contributed by atoms with Crippen molar-refractivity contribution in [2.75, 3.05) is 6.61 Å². The minimum Gasteiger partial charge on any atom is -0.369 e. The average molecular weight is 302 g/mol. The quantitative estimate of drug-likeness (QED) is 0.550. The van der Waals surface area contributed by atoms with E-state index in [0.717, 1.165) is 24.9 Å². The summed E-state index contributed by atoms with van der Waals surface area (Å²) in [5.41, 5.74) is 3.56. The van der Waals surface area contributed by atoms with Crippen LogP contribution < -0.4 is 0 Å². The van der Waals surface area contributed by atoms with Gasteiger partial charge in [0, 0.05) is 0 Å². The highest BCUT2D eigenvalue weighted by atomic mass is 16.6. The molecule has 2 heteroatoms. The van der Waals surface area contributed by atoms with E-state index in [1.807, 2.05) is 0 Å². The summed E-state index contributed by atoms with van der Waals surface area (Å²) < 4.78 is 11.8. The van der Waals surface area contributed by atoms with Gasteiger partial charge < -0.3 is 9.47 Å². The van der Waals surface area contributed by atoms with E-state index in [-0.39, 0.29) is 11.2 Å². The smallest absolute Gasteiger partial charge is 0.0981 e. The SMILES string of the molecule is CC1=CC[C@@H](C2(C/C=C(/C)[C@H]3CCC4(C)OC4C3)CO2)CC1. The van der Waals surface area contributed by atoms with Gasteiger partial charge in [-0.1, -0.05) is 23.3 Å². The van der Waals surface area contributed by atoms with E-state index in [2.05, 4.69) is 32.9 Å². The van der Waals surface area contributed by atoms with E-state index in [9.17, 15) is 0 Å². The Morgan fingerprint density at radius 1 is 1.41 bits per heavy atom. The Hall–Kier alpha value is -0.600. The van der Waals surface area contributed by atoms with Crippen molar-refractivity contribution in [3.05, 3.63) is 23.3 Å². The normalized spacial score (nSPS) is 47.7. The summed E-state index contributed by atoms with van der Waals surface area (Å²) in [5.74, 6) is 1.48. The third kappa shape index (κ3) is 2.69. The lowest BCUT2D eigenvalue weighted by molar-refractivity contribution is 0.203. The van der Waals surface area contributed by atoms with Crippen LogP contribution in [0.15, 0.2) is 23.3 Å². The molecule has 0 aromatic rings. The summed E-state index contributed by atoms with van der Waals surface area (Å²) in [6, 6.07) is 0. The zero-order chi connectivity index (χ0) is 15.4. The standard InChI is InChI=1S/C20H30O2/c1-14-4-6-17(7-5-14)20(13-21-20)11-8-15(2)16-9-10-19(3)18(12-16)22-19/h4,8,16-18H,5-7,9-13H2,1-3H3/b15-8-/t16-,17+,18?,19?,20?/m0/s1. The van der Waals surface area contributed by atoms with Gasteiger partial charge in [-0.3, -0.25) is 0 Å². The molecule has 0 bridgehead atoms. The molecule has 22 heavy (non-hydrogen) atoms. The number of ether oxygens (including phenoxy) is 2. The highest BCUT2D eigenvalue weighted by Gasteiger charge is 2.55. The first-order valence-electron chi connectivity index (χ1n) is 9.15. The maximum Gasteiger partial charge on any atom is 0.0981 e. The third-order valence-corrected chi connectivity index (χ3v) is 6.83. The van der Waals surface area contributed by atoms with E-state index in [0.29, 0.717) is 6.10 Å². The molecule has 2 aliphatic heterocycles. The summed E-state index contributed by atoms with van der Waals surface area (Å²) in [6.07, 6.45) is 14.1. The maximum atomic E-state index is 5.96. The molecule has 122 valence electrons. The molecule has 2 aliphatic carbocycles. The van der Waals surface area contributed by atoms with Gasteiger partial charge >= 0.3 is 0 Å². The van der Waals surface area contributed by atoms with Crippen molar-refractivity contribution in [2.24, 2.45) is 11.8 Å². The van der Waals surface area contributed by atoms with Crippen molar-refractivity contribution in [3.63, 3.8) is 0 Å². The van der Waals surface area contributed by atoms with Crippen molar-refractivity contribution in [3.8, 4) is 0 Å². The summed E-state index contributed by atoms with van der Waals surface area (Å²) in [7, 11) is 0. The topological polar surface area (TPSA) is 25.1 Å². The van der Waals surface area contributed by atoms with Crippen LogP contribution in [0.5, 0.6) is 0 Å². The van der Waals surface area contributed by atoms with Crippen LogP contribution in [0, 0.1) is 11.8 Å². The second-order valence-electron chi connectivity index (χ2n) is 8.42. The molecule has 0 N–H and O–H groups in total. The Balaban J connectivity index is 1.35. The van der Waals surface area contributed by atoms with Crippen LogP contribution in [0.25, 0.3) is 0 Å². The number of hydrogen-bond acceptors (Lipinski definition) is 2. The lowest BCUT2D eigenvalue weighted by atomic mass is 9.77. The summed E-state index contributed by atoms with van der Waals surface area (Å²) >= 11 is 0. The fourth-order valence-corrected chi connectivity index (χ4v) is 4.62. The highest BCUT2D eigenvalue weighted by Crippen LogP contribution is 2.51. The predicted molar refractivity (Wildman–Crippen MR) is 88.8 cm³/mol. The molecular formula is C20H30O2. The highest BCUT2D eigenvalue weighted by molar-refractivity contribution is 5.17. The maximum absolute atomic E-state index is 5.96. The van der Waals surface area contributed by atoms with Gasteiger partial charge in [0.05, 0.1) is 23.9 Å². The van der Waals surface area contributed by atoms with Gasteiger partial charge in [0.25, 0.3) is 0 Å². The summed E-state index contributed by atoms with van der Waals surface area (Å²) in [5, 5.41) is 0. The molecule has 3 fully saturated rings.